The smallest absolute Gasteiger partial charge is 0.307 e. The minimum atomic E-state index is -0.805. The van der Waals surface area contributed by atoms with Crippen LogP contribution >= 0.6 is 11.3 Å². The predicted octanol–water partition coefficient (Wildman–Crippen LogP) is 2.14. The minimum absolute atomic E-state index is 0.0723. The molecule has 4 nitrogen and oxygen atoms in total. The largest absolute Gasteiger partial charge is 0.481 e. The van der Waals surface area contributed by atoms with Crippen molar-refractivity contribution >= 4 is 22.4 Å². The second-order valence-corrected chi connectivity index (χ2v) is 4.95. The molecule has 1 heterocycles. The summed E-state index contributed by atoms with van der Waals surface area (Å²) in [5.41, 5.74) is 8.57. The van der Waals surface area contributed by atoms with E-state index in [4.69, 9.17) is 10.8 Å². The number of benzene rings is 1. The number of nitrogens with two attached hydrogens (primary N) is 1. The molecule has 2 rings (SSSR count). The summed E-state index contributed by atoms with van der Waals surface area (Å²) in [5, 5.41) is 11.2. The molecule has 1 aromatic heterocycles. The number of nitrogens with zero attached hydrogens (tertiary/aromatic N) is 1. The van der Waals surface area contributed by atoms with Gasteiger partial charge in [-0.3, -0.25) is 4.79 Å². The van der Waals surface area contributed by atoms with E-state index >= 15 is 0 Å². The number of carbonyl (C=O) groups is 1. The molecule has 0 amide bonds. The number of carboxylic acids is 1. The van der Waals surface area contributed by atoms with Gasteiger partial charge in [0.1, 0.15) is 0 Å². The van der Waals surface area contributed by atoms with Crippen LogP contribution in [0.15, 0.2) is 29.6 Å². The maximum atomic E-state index is 10.5. The molecule has 5 heteroatoms. The van der Waals surface area contributed by atoms with Crippen molar-refractivity contribution in [1.29, 1.82) is 0 Å². The van der Waals surface area contributed by atoms with Crippen molar-refractivity contribution < 1.29 is 9.90 Å². The fourth-order valence-corrected chi connectivity index (χ4v) is 2.31. The Kier molecular flexibility index (Phi) is 3.94. The van der Waals surface area contributed by atoms with Gasteiger partial charge in [-0.1, -0.05) is 24.3 Å². The maximum Gasteiger partial charge on any atom is 0.307 e. The Labute approximate surface area is 109 Å². The Morgan fingerprint density at radius 1 is 1.22 bits per heavy atom. The summed E-state index contributed by atoms with van der Waals surface area (Å²) in [6, 6.07) is 7.65. The Hall–Kier alpha value is -1.88. The van der Waals surface area contributed by atoms with Gasteiger partial charge in [0.05, 0.1) is 12.1 Å². The molecule has 18 heavy (non-hydrogen) atoms. The van der Waals surface area contributed by atoms with Crippen molar-refractivity contribution in [3.8, 4) is 0 Å². The molecule has 0 radical (unpaired) electrons. The Balaban J connectivity index is 1.92. The zero-order chi connectivity index (χ0) is 13.0. The number of hydrogen-bond acceptors (Lipinski definition) is 4. The summed E-state index contributed by atoms with van der Waals surface area (Å²) >= 11 is 1.45. The molecule has 0 saturated heterocycles. The van der Waals surface area contributed by atoms with Gasteiger partial charge < -0.3 is 10.8 Å². The van der Waals surface area contributed by atoms with E-state index in [2.05, 4.69) is 4.98 Å². The SMILES string of the molecule is Nc1nc(CCc2ccc(CC(=O)O)cc2)cs1. The third kappa shape index (κ3) is 3.56. The normalized spacial score (nSPS) is 10.4. The van der Waals surface area contributed by atoms with Gasteiger partial charge in [0, 0.05) is 5.38 Å². The lowest BCUT2D eigenvalue weighted by atomic mass is 10.1. The Morgan fingerprint density at radius 3 is 2.44 bits per heavy atom. The average molecular weight is 262 g/mol. The molecule has 0 fully saturated rings. The average Bonchev–Trinajstić information content (AvgIpc) is 2.74. The molecular weight excluding hydrogens is 248 g/mol. The van der Waals surface area contributed by atoms with Crippen LogP contribution in [0.5, 0.6) is 0 Å². The number of nitrogen functional groups attached to an aromatic ring is 1. The van der Waals surface area contributed by atoms with Gasteiger partial charge in [-0.05, 0) is 24.0 Å². The molecule has 0 saturated carbocycles. The van der Waals surface area contributed by atoms with Crippen LogP contribution in [0, 0.1) is 0 Å². The van der Waals surface area contributed by atoms with Crippen molar-refractivity contribution in [3.63, 3.8) is 0 Å². The van der Waals surface area contributed by atoms with E-state index in [9.17, 15) is 4.79 Å². The lowest BCUT2D eigenvalue weighted by Crippen LogP contribution is -2.00. The van der Waals surface area contributed by atoms with Gasteiger partial charge in [-0.2, -0.15) is 0 Å². The van der Waals surface area contributed by atoms with Crippen molar-refractivity contribution in [2.75, 3.05) is 5.73 Å². The maximum absolute atomic E-state index is 10.5. The van der Waals surface area contributed by atoms with E-state index < -0.39 is 5.97 Å². The molecule has 3 N–H and O–H groups in total. The highest BCUT2D eigenvalue weighted by atomic mass is 32.1. The van der Waals surface area contributed by atoms with E-state index in [1.807, 2.05) is 29.6 Å². The first-order valence-corrected chi connectivity index (χ1v) is 6.51. The van der Waals surface area contributed by atoms with Crippen LogP contribution in [-0.4, -0.2) is 16.1 Å². The van der Waals surface area contributed by atoms with Crippen LogP contribution < -0.4 is 5.73 Å². The molecule has 1 aromatic carbocycles. The highest BCUT2D eigenvalue weighted by molar-refractivity contribution is 7.13. The van der Waals surface area contributed by atoms with Crippen molar-refractivity contribution in [3.05, 3.63) is 46.5 Å². The number of thiazole rings is 1. The van der Waals surface area contributed by atoms with Crippen LogP contribution in [0.25, 0.3) is 0 Å². The number of aliphatic carboxylic acids is 1. The molecule has 0 bridgehead atoms. The molecule has 0 aliphatic carbocycles. The van der Waals surface area contributed by atoms with E-state index in [0.717, 1.165) is 24.1 Å². The summed E-state index contributed by atoms with van der Waals surface area (Å²) in [7, 11) is 0. The van der Waals surface area contributed by atoms with Crippen molar-refractivity contribution in [1.82, 2.24) is 4.98 Å². The van der Waals surface area contributed by atoms with Crippen LogP contribution in [0.2, 0.25) is 0 Å². The zero-order valence-corrected chi connectivity index (χ0v) is 10.6. The summed E-state index contributed by atoms with van der Waals surface area (Å²) in [6.45, 7) is 0. The number of rotatable bonds is 5. The van der Waals surface area contributed by atoms with E-state index in [1.54, 1.807) is 0 Å². The monoisotopic (exact) mass is 262 g/mol. The lowest BCUT2D eigenvalue weighted by Gasteiger charge is -2.01. The molecule has 0 aliphatic heterocycles. The fraction of sp³-hybridized carbons (Fsp3) is 0.231. The quantitative estimate of drug-likeness (QED) is 0.865. The van der Waals surface area contributed by atoms with Gasteiger partial charge in [-0.25, -0.2) is 4.98 Å². The number of aromatic nitrogens is 1. The third-order valence-corrected chi connectivity index (χ3v) is 3.34. The topological polar surface area (TPSA) is 76.2 Å². The first kappa shape index (κ1) is 12.6. The van der Waals surface area contributed by atoms with Gasteiger partial charge in [0.2, 0.25) is 0 Å². The van der Waals surface area contributed by atoms with Crippen molar-refractivity contribution in [2.24, 2.45) is 0 Å². The highest BCUT2D eigenvalue weighted by Crippen LogP contribution is 2.14. The molecule has 94 valence electrons. The van der Waals surface area contributed by atoms with E-state index in [-0.39, 0.29) is 6.42 Å². The fourth-order valence-electron chi connectivity index (χ4n) is 1.71. The molecule has 0 spiro atoms. The molecule has 2 aromatic rings. The third-order valence-electron chi connectivity index (χ3n) is 2.62. The van der Waals surface area contributed by atoms with Crippen LogP contribution in [0.3, 0.4) is 0 Å². The zero-order valence-electron chi connectivity index (χ0n) is 9.80. The minimum Gasteiger partial charge on any atom is -0.481 e. The lowest BCUT2D eigenvalue weighted by molar-refractivity contribution is -0.136. The second kappa shape index (κ2) is 5.64. The summed E-state index contributed by atoms with van der Waals surface area (Å²) in [6.07, 6.45) is 1.81. The first-order chi connectivity index (χ1) is 8.63. The summed E-state index contributed by atoms with van der Waals surface area (Å²) < 4.78 is 0. The Bertz CT molecular complexity index is 534. The standard InChI is InChI=1S/C13H14N2O2S/c14-13-15-11(8-18-13)6-5-9-1-3-10(4-2-9)7-12(16)17/h1-4,8H,5-7H2,(H2,14,15)(H,16,17). The highest BCUT2D eigenvalue weighted by Gasteiger charge is 2.02. The van der Waals surface area contributed by atoms with Crippen LogP contribution in [0.4, 0.5) is 5.13 Å². The Morgan fingerprint density at radius 2 is 1.89 bits per heavy atom. The molecule has 0 atom stereocenters. The number of anilines is 1. The van der Waals surface area contributed by atoms with Crippen LogP contribution in [0.1, 0.15) is 16.8 Å². The van der Waals surface area contributed by atoms with Crippen LogP contribution in [-0.2, 0) is 24.1 Å². The van der Waals surface area contributed by atoms with Gasteiger partial charge in [-0.15, -0.1) is 11.3 Å². The summed E-state index contributed by atoms with van der Waals surface area (Å²) in [5.74, 6) is -0.805. The first-order valence-electron chi connectivity index (χ1n) is 5.63. The summed E-state index contributed by atoms with van der Waals surface area (Å²) in [4.78, 5) is 14.7. The molecule has 0 unspecified atom stereocenters. The van der Waals surface area contributed by atoms with Gasteiger partial charge in [0.15, 0.2) is 5.13 Å². The molecule has 0 aliphatic rings. The molecular formula is C13H14N2O2S. The van der Waals surface area contributed by atoms with E-state index in [1.165, 1.54) is 16.9 Å². The van der Waals surface area contributed by atoms with Gasteiger partial charge in [0.25, 0.3) is 0 Å². The van der Waals surface area contributed by atoms with Crippen molar-refractivity contribution in [2.45, 2.75) is 19.3 Å². The van der Waals surface area contributed by atoms with Gasteiger partial charge >= 0.3 is 5.97 Å². The predicted molar refractivity (Wildman–Crippen MR) is 71.7 cm³/mol. The number of hydrogen-bond donors (Lipinski definition) is 2. The number of aryl methyl sites for hydroxylation is 2. The second-order valence-electron chi connectivity index (χ2n) is 4.06. The number of carboxylic acid groups (broad SMARTS) is 1. The van der Waals surface area contributed by atoms with E-state index in [0.29, 0.717) is 5.13 Å².